The number of halogens is 3. The summed E-state index contributed by atoms with van der Waals surface area (Å²) in [5, 5.41) is 3.40. The molecule has 22 heavy (non-hydrogen) atoms. The summed E-state index contributed by atoms with van der Waals surface area (Å²) in [6.07, 6.45) is 1.06. The van der Waals surface area contributed by atoms with Crippen molar-refractivity contribution in [3.8, 4) is 11.5 Å². The van der Waals surface area contributed by atoms with Crippen molar-refractivity contribution in [2.45, 2.75) is 19.4 Å². The van der Waals surface area contributed by atoms with Crippen LogP contribution in [0.3, 0.4) is 0 Å². The second kappa shape index (κ2) is 10.6. The fraction of sp³-hybridized carbons (Fsp3) is 0.600. The largest absolute Gasteiger partial charge is 0.496 e. The maximum absolute atomic E-state index is 5.57. The molecule has 1 atom stereocenters. The zero-order valence-corrected chi connectivity index (χ0v) is 16.4. The van der Waals surface area contributed by atoms with Crippen molar-refractivity contribution in [2.75, 3.05) is 40.4 Å². The topological polar surface area (TPSA) is 33.7 Å². The summed E-state index contributed by atoms with van der Waals surface area (Å²) in [5.41, 5.74) is 1.21. The number of hydrogen-bond donors (Lipinski definition) is 1. The van der Waals surface area contributed by atoms with Crippen molar-refractivity contribution in [2.24, 2.45) is 0 Å². The van der Waals surface area contributed by atoms with E-state index in [1.54, 1.807) is 14.2 Å². The van der Waals surface area contributed by atoms with Gasteiger partial charge in [-0.15, -0.1) is 24.8 Å². The predicted octanol–water partition coefficient (Wildman–Crippen LogP) is 3.67. The second-order valence-electron chi connectivity index (χ2n) is 4.94. The van der Waals surface area contributed by atoms with E-state index in [0.717, 1.165) is 48.6 Å². The summed E-state index contributed by atoms with van der Waals surface area (Å²) in [5.74, 6) is 1.78. The molecule has 0 amide bonds. The normalized spacial score (nSPS) is 16.2. The van der Waals surface area contributed by atoms with Crippen molar-refractivity contribution in [1.29, 1.82) is 0 Å². The molecule has 0 spiro atoms. The highest BCUT2D eigenvalue weighted by molar-refractivity contribution is 9.10. The van der Waals surface area contributed by atoms with Crippen LogP contribution in [0.5, 0.6) is 11.5 Å². The number of methoxy groups -OCH3 is 2. The number of ether oxygens (including phenoxy) is 2. The monoisotopic (exact) mass is 414 g/mol. The van der Waals surface area contributed by atoms with Crippen LogP contribution in [0.25, 0.3) is 0 Å². The molecule has 128 valence electrons. The number of benzene rings is 1. The lowest BCUT2D eigenvalue weighted by Crippen LogP contribution is -2.45. The minimum atomic E-state index is 0. The lowest BCUT2D eigenvalue weighted by atomic mass is 10.0. The van der Waals surface area contributed by atoms with Crippen molar-refractivity contribution >= 4 is 40.7 Å². The Morgan fingerprint density at radius 1 is 1.14 bits per heavy atom. The van der Waals surface area contributed by atoms with Gasteiger partial charge >= 0.3 is 0 Å². The molecule has 1 aromatic rings. The molecule has 4 nitrogen and oxygen atoms in total. The van der Waals surface area contributed by atoms with Gasteiger partial charge in [-0.3, -0.25) is 4.90 Å². The van der Waals surface area contributed by atoms with Crippen LogP contribution in [0.4, 0.5) is 0 Å². The van der Waals surface area contributed by atoms with Gasteiger partial charge in [-0.2, -0.15) is 0 Å². The van der Waals surface area contributed by atoms with Gasteiger partial charge < -0.3 is 14.8 Å². The Balaban J connectivity index is 0.00000220. The fourth-order valence-corrected chi connectivity index (χ4v) is 3.30. The summed E-state index contributed by atoms with van der Waals surface area (Å²) in [6, 6.07) is 4.46. The highest BCUT2D eigenvalue weighted by Gasteiger charge is 2.24. The SMILES string of the molecule is CC[C@@H](c1cc(OC)c(Br)cc1OC)N1CCNCC1.Cl.Cl. The highest BCUT2D eigenvalue weighted by atomic mass is 79.9. The van der Waals surface area contributed by atoms with Crippen LogP contribution in [-0.4, -0.2) is 45.3 Å². The van der Waals surface area contributed by atoms with Gasteiger partial charge in [0.05, 0.1) is 18.7 Å². The first-order valence-electron chi connectivity index (χ1n) is 7.07. The standard InChI is InChI=1S/C15H23BrN2O2.2ClH/c1-4-13(18-7-5-17-6-8-18)11-9-15(20-3)12(16)10-14(11)19-2;;/h9-10,13,17H,4-8H2,1-3H3;2*1H/t13-;;/m0../s1. The predicted molar refractivity (Wildman–Crippen MR) is 99.2 cm³/mol. The van der Waals surface area contributed by atoms with Gasteiger partial charge in [0.15, 0.2) is 0 Å². The van der Waals surface area contributed by atoms with Gasteiger partial charge in [-0.1, -0.05) is 6.92 Å². The molecule has 1 heterocycles. The molecular weight excluding hydrogens is 391 g/mol. The molecule has 1 saturated heterocycles. The number of piperazine rings is 1. The first kappa shape index (κ1) is 21.8. The van der Waals surface area contributed by atoms with Crippen LogP contribution in [0, 0.1) is 0 Å². The van der Waals surface area contributed by atoms with Crippen LogP contribution in [0.2, 0.25) is 0 Å². The second-order valence-corrected chi connectivity index (χ2v) is 5.79. The van der Waals surface area contributed by atoms with Crippen LogP contribution in [0.15, 0.2) is 16.6 Å². The van der Waals surface area contributed by atoms with E-state index in [9.17, 15) is 0 Å². The molecule has 7 heteroatoms. The Bertz CT molecular complexity index is 457. The van der Waals surface area contributed by atoms with Gasteiger partial charge in [0.25, 0.3) is 0 Å². The third-order valence-corrected chi connectivity index (χ3v) is 4.46. The highest BCUT2D eigenvalue weighted by Crippen LogP contribution is 2.39. The molecule has 0 bridgehead atoms. The number of rotatable bonds is 5. The fourth-order valence-electron chi connectivity index (χ4n) is 2.81. The maximum atomic E-state index is 5.57. The van der Waals surface area contributed by atoms with Gasteiger partial charge in [0.2, 0.25) is 0 Å². The van der Waals surface area contributed by atoms with Crippen LogP contribution in [-0.2, 0) is 0 Å². The van der Waals surface area contributed by atoms with Crippen molar-refractivity contribution in [3.05, 3.63) is 22.2 Å². The van der Waals surface area contributed by atoms with Gasteiger partial charge in [0, 0.05) is 37.8 Å². The molecule has 0 unspecified atom stereocenters. The van der Waals surface area contributed by atoms with Crippen LogP contribution < -0.4 is 14.8 Å². The Morgan fingerprint density at radius 3 is 2.23 bits per heavy atom. The maximum Gasteiger partial charge on any atom is 0.133 e. The Hall–Kier alpha value is -0.200. The van der Waals surface area contributed by atoms with E-state index < -0.39 is 0 Å². The van der Waals surface area contributed by atoms with Crippen LogP contribution in [0.1, 0.15) is 24.9 Å². The summed E-state index contributed by atoms with van der Waals surface area (Å²) >= 11 is 3.52. The lowest BCUT2D eigenvalue weighted by molar-refractivity contribution is 0.166. The Morgan fingerprint density at radius 2 is 1.73 bits per heavy atom. The van der Waals surface area contributed by atoms with E-state index in [0.29, 0.717) is 6.04 Å². The summed E-state index contributed by atoms with van der Waals surface area (Å²) in [7, 11) is 3.42. The lowest BCUT2D eigenvalue weighted by Gasteiger charge is -2.35. The van der Waals surface area contributed by atoms with Gasteiger partial charge in [-0.25, -0.2) is 0 Å². The number of nitrogens with one attached hydrogen (secondary N) is 1. The molecule has 1 aliphatic heterocycles. The van der Waals surface area contributed by atoms with E-state index in [1.807, 2.05) is 6.07 Å². The molecule has 1 aromatic carbocycles. The Labute approximate surface area is 153 Å². The summed E-state index contributed by atoms with van der Waals surface area (Å²) in [4.78, 5) is 2.52. The zero-order valence-electron chi connectivity index (χ0n) is 13.2. The molecule has 0 saturated carbocycles. The molecule has 1 N–H and O–H groups in total. The first-order valence-corrected chi connectivity index (χ1v) is 7.86. The van der Waals surface area contributed by atoms with E-state index in [4.69, 9.17) is 9.47 Å². The smallest absolute Gasteiger partial charge is 0.133 e. The average molecular weight is 416 g/mol. The van der Waals surface area contributed by atoms with E-state index in [1.165, 1.54) is 5.56 Å². The van der Waals surface area contributed by atoms with E-state index in [2.05, 4.69) is 39.1 Å². The third kappa shape index (κ3) is 4.90. The quantitative estimate of drug-likeness (QED) is 0.795. The van der Waals surface area contributed by atoms with Crippen molar-refractivity contribution in [1.82, 2.24) is 10.2 Å². The Kier molecular flexibility index (Phi) is 10.5. The third-order valence-electron chi connectivity index (χ3n) is 3.84. The minimum absolute atomic E-state index is 0. The van der Waals surface area contributed by atoms with E-state index >= 15 is 0 Å². The number of nitrogens with zero attached hydrogens (tertiary/aromatic N) is 1. The molecular formula is C15H25BrCl2N2O2. The summed E-state index contributed by atoms with van der Waals surface area (Å²) in [6.45, 7) is 6.46. The average Bonchev–Trinajstić information content (AvgIpc) is 2.50. The zero-order chi connectivity index (χ0) is 14.5. The van der Waals surface area contributed by atoms with E-state index in [-0.39, 0.29) is 24.8 Å². The summed E-state index contributed by atoms with van der Waals surface area (Å²) < 4.78 is 11.9. The molecule has 2 rings (SSSR count). The molecule has 1 aliphatic rings. The van der Waals surface area contributed by atoms with Gasteiger partial charge in [-0.05, 0) is 34.5 Å². The van der Waals surface area contributed by atoms with Crippen molar-refractivity contribution in [3.63, 3.8) is 0 Å². The molecule has 1 fully saturated rings. The van der Waals surface area contributed by atoms with Crippen LogP contribution >= 0.6 is 40.7 Å². The number of hydrogen-bond acceptors (Lipinski definition) is 4. The molecule has 0 radical (unpaired) electrons. The van der Waals surface area contributed by atoms with Gasteiger partial charge in [0.1, 0.15) is 11.5 Å². The minimum Gasteiger partial charge on any atom is -0.496 e. The first-order chi connectivity index (χ1) is 9.71. The molecule has 0 aliphatic carbocycles. The van der Waals surface area contributed by atoms with Crippen molar-refractivity contribution < 1.29 is 9.47 Å². The molecule has 0 aromatic heterocycles.